The van der Waals surface area contributed by atoms with Gasteiger partial charge in [0.05, 0.1) is 0 Å². The zero-order valence-electron chi connectivity index (χ0n) is 14.4. The van der Waals surface area contributed by atoms with E-state index in [-0.39, 0.29) is 0 Å². The van der Waals surface area contributed by atoms with E-state index in [9.17, 15) is 4.57 Å². The van der Waals surface area contributed by atoms with Gasteiger partial charge in [0.25, 0.3) is 0 Å². The van der Waals surface area contributed by atoms with E-state index in [1.165, 1.54) is 44.1 Å². The zero-order valence-corrected chi connectivity index (χ0v) is 16.9. The van der Waals surface area contributed by atoms with E-state index in [1.54, 1.807) is 0 Å². The maximum absolute atomic E-state index is 14.0. The molecule has 0 aromatic heterocycles. The Kier molecular flexibility index (Phi) is 6.00. The van der Waals surface area contributed by atoms with Crippen molar-refractivity contribution >= 4 is 33.7 Å². The Morgan fingerprint density at radius 1 is 0.833 bits per heavy atom. The molecule has 2 aromatic rings. The molecule has 0 aliphatic carbocycles. The highest BCUT2D eigenvalue weighted by Gasteiger charge is 2.39. The van der Waals surface area contributed by atoms with E-state index in [0.29, 0.717) is 0 Å². The molecule has 1 nitrogen and oxygen atoms in total. The molecule has 128 valence electrons. The third-order valence-corrected chi connectivity index (χ3v) is 9.29. The molecule has 1 atom stereocenters. The summed E-state index contributed by atoms with van der Waals surface area (Å²) in [4.78, 5) is 0. The van der Waals surface area contributed by atoms with Crippen molar-refractivity contribution in [3.05, 3.63) is 46.9 Å². The molecule has 3 rings (SSSR count). The van der Waals surface area contributed by atoms with Crippen LogP contribution >= 0.6 is 23.1 Å². The maximum Gasteiger partial charge on any atom is 0.145 e. The largest absolute Gasteiger partial charge is 0.314 e. The van der Waals surface area contributed by atoms with Crippen molar-refractivity contribution in [1.82, 2.24) is 0 Å². The zero-order chi connectivity index (χ0) is 17.0. The fourth-order valence-corrected chi connectivity index (χ4v) is 8.28. The molecule has 24 heavy (non-hydrogen) atoms. The van der Waals surface area contributed by atoms with Gasteiger partial charge in [-0.15, -0.1) is 0 Å². The first-order valence-electron chi connectivity index (χ1n) is 9.16. The number of unbranched alkanes of at least 4 members (excludes halogenated alkanes) is 6. The summed E-state index contributed by atoms with van der Waals surface area (Å²) in [7, 11) is -2.50. The minimum absolute atomic E-state index is 0.799. The first-order chi connectivity index (χ1) is 11.7. The molecule has 0 fully saturated rings. The second-order valence-corrected chi connectivity index (χ2v) is 10.4. The number of hydrogen-bond acceptors (Lipinski definition) is 1. The number of fused-ring (bicyclic) bond motifs is 3. The Morgan fingerprint density at radius 2 is 1.50 bits per heavy atom. The van der Waals surface area contributed by atoms with Gasteiger partial charge in [0, 0.05) is 21.2 Å². The molecule has 3 heteroatoms. The van der Waals surface area contributed by atoms with Crippen LogP contribution in [-0.4, -0.2) is 6.16 Å². The van der Waals surface area contributed by atoms with Crippen molar-refractivity contribution in [2.45, 2.75) is 51.9 Å². The molecular formula is C21H26BrOP. The van der Waals surface area contributed by atoms with Gasteiger partial charge < -0.3 is 4.57 Å². The molecule has 0 radical (unpaired) electrons. The van der Waals surface area contributed by atoms with Crippen LogP contribution in [0.2, 0.25) is 0 Å². The summed E-state index contributed by atoms with van der Waals surface area (Å²) in [5.41, 5.74) is 2.33. The van der Waals surface area contributed by atoms with Crippen molar-refractivity contribution in [1.29, 1.82) is 0 Å². The van der Waals surface area contributed by atoms with Crippen LogP contribution in [0.25, 0.3) is 11.1 Å². The number of benzene rings is 2. The Hall–Kier alpha value is -0.850. The van der Waals surface area contributed by atoms with Gasteiger partial charge in [0.2, 0.25) is 0 Å². The van der Waals surface area contributed by atoms with Gasteiger partial charge in [-0.3, -0.25) is 0 Å². The monoisotopic (exact) mass is 404 g/mol. The van der Waals surface area contributed by atoms with Crippen LogP contribution in [0.1, 0.15) is 51.9 Å². The van der Waals surface area contributed by atoms with E-state index in [1.807, 2.05) is 24.3 Å². The predicted molar refractivity (Wildman–Crippen MR) is 109 cm³/mol. The van der Waals surface area contributed by atoms with Gasteiger partial charge in [-0.25, -0.2) is 0 Å². The Balaban J connectivity index is 1.76. The molecule has 0 amide bonds. The summed E-state index contributed by atoms with van der Waals surface area (Å²) in [6, 6.07) is 14.5. The fourth-order valence-electron chi connectivity index (χ4n) is 3.76. The van der Waals surface area contributed by atoms with Crippen LogP contribution in [-0.2, 0) is 4.57 Å². The van der Waals surface area contributed by atoms with Gasteiger partial charge in [-0.1, -0.05) is 81.8 Å². The predicted octanol–water partition coefficient (Wildman–Crippen LogP) is 6.49. The highest BCUT2D eigenvalue weighted by molar-refractivity contribution is 9.10. The molecule has 1 heterocycles. The molecule has 1 aliphatic rings. The van der Waals surface area contributed by atoms with Crippen LogP contribution in [0.5, 0.6) is 0 Å². The van der Waals surface area contributed by atoms with E-state index >= 15 is 0 Å². The molecule has 0 N–H and O–H groups in total. The Bertz CT molecular complexity index is 753. The van der Waals surface area contributed by atoms with Crippen molar-refractivity contribution < 1.29 is 4.57 Å². The molecular weight excluding hydrogens is 379 g/mol. The molecule has 0 saturated carbocycles. The molecule has 2 aromatic carbocycles. The van der Waals surface area contributed by atoms with Crippen molar-refractivity contribution in [2.24, 2.45) is 0 Å². The van der Waals surface area contributed by atoms with Crippen molar-refractivity contribution in [3.63, 3.8) is 0 Å². The lowest BCUT2D eigenvalue weighted by atomic mass is 10.1. The summed E-state index contributed by atoms with van der Waals surface area (Å²) in [6.07, 6.45) is 9.59. The smallest absolute Gasteiger partial charge is 0.145 e. The van der Waals surface area contributed by atoms with Gasteiger partial charge in [-0.05, 0) is 39.5 Å². The first kappa shape index (κ1) is 18.0. The van der Waals surface area contributed by atoms with Gasteiger partial charge in [0.15, 0.2) is 0 Å². The number of halogens is 1. The van der Waals surface area contributed by atoms with Gasteiger partial charge in [-0.2, -0.15) is 0 Å². The highest BCUT2D eigenvalue weighted by Crippen LogP contribution is 2.55. The lowest BCUT2D eigenvalue weighted by Gasteiger charge is -2.16. The summed E-state index contributed by atoms with van der Waals surface area (Å²) in [6.45, 7) is 2.25. The minimum Gasteiger partial charge on any atom is -0.314 e. The summed E-state index contributed by atoms with van der Waals surface area (Å²) < 4.78 is 15.0. The Labute approximate surface area is 154 Å². The van der Waals surface area contributed by atoms with Crippen LogP contribution in [0.3, 0.4) is 0 Å². The number of rotatable bonds is 8. The lowest BCUT2D eigenvalue weighted by Crippen LogP contribution is -2.14. The molecule has 0 bridgehead atoms. The summed E-state index contributed by atoms with van der Waals surface area (Å²) >= 11 is 3.66. The third-order valence-electron chi connectivity index (χ3n) is 5.01. The van der Waals surface area contributed by atoms with Crippen LogP contribution < -0.4 is 10.6 Å². The van der Waals surface area contributed by atoms with Gasteiger partial charge in [0.1, 0.15) is 7.14 Å². The maximum atomic E-state index is 14.0. The molecule has 0 saturated heterocycles. The summed E-state index contributed by atoms with van der Waals surface area (Å²) in [5.74, 6) is 0. The molecule has 1 unspecified atom stereocenters. The van der Waals surface area contributed by atoms with Crippen molar-refractivity contribution in [2.75, 3.05) is 6.16 Å². The Morgan fingerprint density at radius 3 is 2.29 bits per heavy atom. The topological polar surface area (TPSA) is 17.1 Å². The van der Waals surface area contributed by atoms with E-state index in [2.05, 4.69) is 41.1 Å². The normalized spacial score (nSPS) is 18.4. The van der Waals surface area contributed by atoms with Crippen LogP contribution in [0, 0.1) is 0 Å². The standard InChI is InChI=1S/C21H26BrOP/c1-2-3-4-5-6-7-10-16-24(23)20-15-9-8-12-17(20)18-13-11-14-19(22)21(18)24/h8-9,11-15H,2-7,10,16H2,1H3. The van der Waals surface area contributed by atoms with Crippen LogP contribution in [0.15, 0.2) is 46.9 Å². The summed E-state index contributed by atoms with van der Waals surface area (Å²) in [5, 5.41) is 2.12. The minimum atomic E-state index is -2.50. The average Bonchev–Trinajstić information content (AvgIpc) is 2.85. The average molecular weight is 405 g/mol. The third kappa shape index (κ3) is 3.41. The van der Waals surface area contributed by atoms with Gasteiger partial charge >= 0.3 is 0 Å². The van der Waals surface area contributed by atoms with Crippen molar-refractivity contribution in [3.8, 4) is 11.1 Å². The SMILES string of the molecule is CCCCCCCCCP1(=O)c2ccccc2-c2cccc(Br)c21. The molecule has 1 aliphatic heterocycles. The second-order valence-electron chi connectivity index (χ2n) is 6.74. The molecule has 0 spiro atoms. The first-order valence-corrected chi connectivity index (χ1v) is 11.8. The fraction of sp³-hybridized carbons (Fsp3) is 0.429. The second kappa shape index (κ2) is 8.02. The van der Waals surface area contributed by atoms with E-state index in [4.69, 9.17) is 0 Å². The lowest BCUT2D eigenvalue weighted by molar-refractivity contribution is 0.577. The highest BCUT2D eigenvalue weighted by atomic mass is 79.9. The quantitative estimate of drug-likeness (QED) is 0.362. The van der Waals surface area contributed by atoms with Crippen LogP contribution in [0.4, 0.5) is 0 Å². The number of hydrogen-bond donors (Lipinski definition) is 0. The van der Waals surface area contributed by atoms with E-state index < -0.39 is 7.14 Å². The van der Waals surface area contributed by atoms with E-state index in [0.717, 1.165) is 33.2 Å².